The third-order valence-electron chi connectivity index (χ3n) is 3.14. The van der Waals surface area contributed by atoms with Crippen LogP contribution in [0, 0.1) is 0 Å². The zero-order valence-electron chi connectivity index (χ0n) is 12.0. The molecular weight excluding hydrogens is 272 g/mol. The molecule has 110 valence electrons. The van der Waals surface area contributed by atoms with Crippen molar-refractivity contribution in [2.45, 2.75) is 19.2 Å². The second kappa shape index (κ2) is 7.59. The van der Waals surface area contributed by atoms with Gasteiger partial charge in [-0.1, -0.05) is 6.07 Å². The highest BCUT2D eigenvalue weighted by atomic mass is 32.1. The number of aliphatic hydroxyl groups excluding tert-OH is 1. The third kappa shape index (κ3) is 4.45. The molecule has 0 amide bonds. The van der Waals surface area contributed by atoms with Crippen molar-refractivity contribution in [1.82, 2.24) is 9.47 Å². The summed E-state index contributed by atoms with van der Waals surface area (Å²) in [5, 5.41) is 11.9. The maximum Gasteiger partial charge on any atom is 0.0900 e. The second-order valence-corrected chi connectivity index (χ2v) is 6.04. The number of methoxy groups -OCH3 is 1. The molecule has 20 heavy (non-hydrogen) atoms. The first-order valence-corrected chi connectivity index (χ1v) is 7.59. The lowest BCUT2D eigenvalue weighted by molar-refractivity contribution is 0.0415. The lowest BCUT2D eigenvalue weighted by Crippen LogP contribution is -2.32. The van der Waals surface area contributed by atoms with Crippen molar-refractivity contribution in [3.8, 4) is 0 Å². The molecule has 2 aromatic heterocycles. The largest absolute Gasteiger partial charge is 0.389 e. The van der Waals surface area contributed by atoms with Crippen molar-refractivity contribution in [2.24, 2.45) is 0 Å². The Hall–Kier alpha value is -1.14. The first-order valence-electron chi connectivity index (χ1n) is 6.71. The number of rotatable bonds is 8. The molecule has 0 aromatic carbocycles. The summed E-state index contributed by atoms with van der Waals surface area (Å²) in [5.74, 6) is 0. The van der Waals surface area contributed by atoms with Crippen LogP contribution in [0.3, 0.4) is 0 Å². The van der Waals surface area contributed by atoms with Crippen molar-refractivity contribution in [1.29, 1.82) is 0 Å². The second-order valence-electron chi connectivity index (χ2n) is 5.01. The average Bonchev–Trinajstić information content (AvgIpc) is 3.03. The maximum absolute atomic E-state index is 9.75. The number of ether oxygens (including phenoxy) is 1. The molecule has 0 fully saturated rings. The molecule has 0 saturated heterocycles. The summed E-state index contributed by atoms with van der Waals surface area (Å²) in [5.41, 5.74) is 1.26. The summed E-state index contributed by atoms with van der Waals surface area (Å²) in [4.78, 5) is 3.47. The van der Waals surface area contributed by atoms with E-state index >= 15 is 0 Å². The average molecular weight is 294 g/mol. The van der Waals surface area contributed by atoms with Gasteiger partial charge in [0.05, 0.1) is 19.3 Å². The van der Waals surface area contributed by atoms with E-state index < -0.39 is 6.10 Å². The van der Waals surface area contributed by atoms with E-state index in [0.717, 1.165) is 13.1 Å². The van der Waals surface area contributed by atoms with E-state index in [9.17, 15) is 5.11 Å². The summed E-state index contributed by atoms with van der Waals surface area (Å²) in [6, 6.07) is 8.44. The Morgan fingerprint density at radius 2 is 2.25 bits per heavy atom. The Balaban J connectivity index is 1.91. The van der Waals surface area contributed by atoms with Gasteiger partial charge in [0.25, 0.3) is 0 Å². The minimum Gasteiger partial charge on any atom is -0.389 e. The van der Waals surface area contributed by atoms with Gasteiger partial charge in [0, 0.05) is 37.0 Å². The van der Waals surface area contributed by atoms with Crippen LogP contribution in [0.2, 0.25) is 0 Å². The van der Waals surface area contributed by atoms with Crippen molar-refractivity contribution in [3.05, 3.63) is 46.4 Å². The van der Waals surface area contributed by atoms with E-state index in [-0.39, 0.29) is 0 Å². The number of thiophene rings is 1. The van der Waals surface area contributed by atoms with Gasteiger partial charge in [0.15, 0.2) is 0 Å². The number of nitrogens with zero attached hydrogens (tertiary/aromatic N) is 2. The summed E-state index contributed by atoms with van der Waals surface area (Å²) >= 11 is 1.78. The number of aromatic nitrogens is 1. The van der Waals surface area contributed by atoms with Gasteiger partial charge in [-0.05, 0) is 30.6 Å². The van der Waals surface area contributed by atoms with Crippen molar-refractivity contribution >= 4 is 11.3 Å². The van der Waals surface area contributed by atoms with E-state index in [4.69, 9.17) is 4.74 Å². The van der Waals surface area contributed by atoms with Crippen LogP contribution in [0.15, 0.2) is 35.8 Å². The molecule has 1 unspecified atom stereocenters. The quantitative estimate of drug-likeness (QED) is 0.809. The van der Waals surface area contributed by atoms with E-state index in [0.29, 0.717) is 13.2 Å². The van der Waals surface area contributed by atoms with Crippen LogP contribution >= 0.6 is 11.3 Å². The van der Waals surface area contributed by atoms with Crippen LogP contribution in [0.1, 0.15) is 10.6 Å². The highest BCUT2D eigenvalue weighted by Gasteiger charge is 2.10. The molecule has 0 saturated carbocycles. The summed E-state index contributed by atoms with van der Waals surface area (Å²) in [6.07, 6.45) is 1.67. The Bertz CT molecular complexity index is 496. The first kappa shape index (κ1) is 15.3. The van der Waals surface area contributed by atoms with Crippen molar-refractivity contribution in [3.63, 3.8) is 0 Å². The van der Waals surface area contributed by atoms with E-state index in [1.807, 2.05) is 7.05 Å². The number of likely N-dealkylation sites (N-methyl/N-ethyl adjacent to an activating group) is 1. The number of aliphatic hydroxyl groups is 1. The Kier molecular flexibility index (Phi) is 5.79. The zero-order chi connectivity index (χ0) is 14.4. The van der Waals surface area contributed by atoms with Gasteiger partial charge in [0.2, 0.25) is 0 Å². The van der Waals surface area contributed by atoms with Crippen LogP contribution in [-0.4, -0.2) is 48.0 Å². The molecule has 2 rings (SSSR count). The standard InChI is InChI=1S/C15H22N2O2S/c1-16(10-14(18)12-19-2)9-13-5-3-7-17(13)11-15-6-4-8-20-15/h3-8,14,18H,9-12H2,1-2H3. The van der Waals surface area contributed by atoms with Gasteiger partial charge in [-0.3, -0.25) is 4.90 Å². The lowest BCUT2D eigenvalue weighted by Gasteiger charge is -2.21. The summed E-state index contributed by atoms with van der Waals surface area (Å²) in [7, 11) is 3.62. The van der Waals surface area contributed by atoms with Gasteiger partial charge in [-0.15, -0.1) is 11.3 Å². The first-order chi connectivity index (χ1) is 9.69. The molecule has 2 aromatic rings. The van der Waals surface area contributed by atoms with Crippen LogP contribution in [0.25, 0.3) is 0 Å². The molecule has 1 N–H and O–H groups in total. The van der Waals surface area contributed by atoms with Gasteiger partial charge in [-0.25, -0.2) is 0 Å². The molecule has 0 aliphatic heterocycles. The monoisotopic (exact) mass is 294 g/mol. The highest BCUT2D eigenvalue weighted by molar-refractivity contribution is 7.09. The SMILES string of the molecule is COCC(O)CN(C)Cc1cccn1Cc1cccs1. The minimum atomic E-state index is -0.439. The molecule has 1 atom stereocenters. The van der Waals surface area contributed by atoms with Gasteiger partial charge in [0.1, 0.15) is 0 Å². The fourth-order valence-corrected chi connectivity index (χ4v) is 2.97. The topological polar surface area (TPSA) is 37.6 Å². The molecule has 0 bridgehead atoms. The van der Waals surface area contributed by atoms with Gasteiger partial charge >= 0.3 is 0 Å². The van der Waals surface area contributed by atoms with Crippen molar-refractivity contribution < 1.29 is 9.84 Å². The molecule has 2 heterocycles. The third-order valence-corrected chi connectivity index (χ3v) is 4.00. The number of hydrogen-bond donors (Lipinski definition) is 1. The van der Waals surface area contributed by atoms with Crippen LogP contribution < -0.4 is 0 Å². The predicted octanol–water partition coefficient (Wildman–Crippen LogP) is 2.04. The van der Waals surface area contributed by atoms with Crippen LogP contribution in [0.5, 0.6) is 0 Å². The maximum atomic E-state index is 9.75. The number of hydrogen-bond acceptors (Lipinski definition) is 4. The molecule has 0 aliphatic carbocycles. The molecule has 0 spiro atoms. The smallest absolute Gasteiger partial charge is 0.0900 e. The summed E-state index contributed by atoms with van der Waals surface area (Å²) < 4.78 is 7.21. The van der Waals surface area contributed by atoms with Gasteiger partial charge in [-0.2, -0.15) is 0 Å². The van der Waals surface area contributed by atoms with Crippen molar-refractivity contribution in [2.75, 3.05) is 27.3 Å². The fraction of sp³-hybridized carbons (Fsp3) is 0.467. The normalized spacial score (nSPS) is 13.0. The Morgan fingerprint density at radius 3 is 2.95 bits per heavy atom. The van der Waals surface area contributed by atoms with E-state index in [1.54, 1.807) is 18.4 Å². The molecular formula is C15H22N2O2S. The zero-order valence-corrected chi connectivity index (χ0v) is 12.8. The highest BCUT2D eigenvalue weighted by Crippen LogP contribution is 2.14. The minimum absolute atomic E-state index is 0.376. The lowest BCUT2D eigenvalue weighted by atomic mass is 10.3. The fourth-order valence-electron chi connectivity index (χ4n) is 2.26. The molecule has 5 heteroatoms. The summed E-state index contributed by atoms with van der Waals surface area (Å²) in [6.45, 7) is 2.71. The van der Waals surface area contributed by atoms with E-state index in [2.05, 4.69) is 45.3 Å². The Morgan fingerprint density at radius 1 is 1.40 bits per heavy atom. The molecule has 0 radical (unpaired) electrons. The van der Waals surface area contributed by atoms with Gasteiger partial charge < -0.3 is 14.4 Å². The predicted molar refractivity (Wildman–Crippen MR) is 82.1 cm³/mol. The molecule has 0 aliphatic rings. The Labute approximate surface area is 124 Å². The molecule has 4 nitrogen and oxygen atoms in total. The van der Waals surface area contributed by atoms with Crippen LogP contribution in [-0.2, 0) is 17.8 Å². The van der Waals surface area contributed by atoms with Crippen LogP contribution in [0.4, 0.5) is 0 Å². The van der Waals surface area contributed by atoms with E-state index in [1.165, 1.54) is 10.6 Å².